The molecule has 2 aromatic rings. The molecule has 22 heavy (non-hydrogen) atoms. The van der Waals surface area contributed by atoms with E-state index in [0.29, 0.717) is 23.7 Å². The summed E-state index contributed by atoms with van der Waals surface area (Å²) in [6.45, 7) is 0.902. The zero-order valence-electron chi connectivity index (χ0n) is 11.5. The van der Waals surface area contributed by atoms with E-state index in [-0.39, 0.29) is 11.6 Å². The lowest BCUT2D eigenvalue weighted by atomic mass is 10.2. The molecule has 7 nitrogen and oxygen atoms in total. The first kappa shape index (κ1) is 15.7. The van der Waals surface area contributed by atoms with E-state index in [1.165, 1.54) is 30.5 Å². The first-order valence-corrected chi connectivity index (χ1v) is 6.81. The fraction of sp³-hybridized carbons (Fsp3) is 0.143. The number of hydrogen-bond donors (Lipinski definition) is 1. The van der Waals surface area contributed by atoms with Crippen molar-refractivity contribution >= 4 is 29.3 Å². The molecule has 0 saturated carbocycles. The van der Waals surface area contributed by atoms with Gasteiger partial charge in [-0.15, -0.1) is 0 Å². The minimum Gasteiger partial charge on any atom is -0.351 e. The van der Waals surface area contributed by atoms with Crippen molar-refractivity contribution in [3.8, 4) is 0 Å². The summed E-state index contributed by atoms with van der Waals surface area (Å²) in [5, 5.41) is 17.9. The zero-order chi connectivity index (χ0) is 15.9. The van der Waals surface area contributed by atoms with Gasteiger partial charge < -0.3 is 5.32 Å². The minimum absolute atomic E-state index is 0.0156. The van der Waals surface area contributed by atoms with Gasteiger partial charge in [-0.1, -0.05) is 23.7 Å². The van der Waals surface area contributed by atoms with Gasteiger partial charge >= 0.3 is 0 Å². The predicted molar refractivity (Wildman–Crippen MR) is 82.4 cm³/mol. The Hall–Kier alpha value is -2.67. The molecule has 0 spiro atoms. The van der Waals surface area contributed by atoms with Crippen LogP contribution in [0.5, 0.6) is 0 Å². The van der Waals surface area contributed by atoms with Crippen molar-refractivity contribution in [2.24, 2.45) is 0 Å². The Bertz CT molecular complexity index is 712. The number of carbonyl (C=O) groups excluding carboxylic acids is 1. The number of nitrogens with zero attached hydrogens (tertiary/aromatic N) is 3. The summed E-state index contributed by atoms with van der Waals surface area (Å²) in [6, 6.07) is 6.04. The van der Waals surface area contributed by atoms with Gasteiger partial charge in [0, 0.05) is 31.0 Å². The molecule has 0 aliphatic carbocycles. The number of nitrogens with one attached hydrogen (secondary N) is 1. The lowest BCUT2D eigenvalue weighted by Crippen LogP contribution is -2.25. The summed E-state index contributed by atoms with van der Waals surface area (Å²) < 4.78 is 1.62. The SMILES string of the molecule is O=C(/C=C/c1cccc([N+](=O)[O-])c1)NCCn1cc(Cl)cn1. The highest BCUT2D eigenvalue weighted by molar-refractivity contribution is 6.30. The van der Waals surface area contributed by atoms with Crippen LogP contribution in [-0.4, -0.2) is 27.2 Å². The van der Waals surface area contributed by atoms with E-state index < -0.39 is 4.92 Å². The molecule has 0 bridgehead atoms. The maximum Gasteiger partial charge on any atom is 0.270 e. The third-order valence-corrected chi connectivity index (χ3v) is 2.95. The first-order chi connectivity index (χ1) is 10.5. The molecule has 114 valence electrons. The molecule has 1 aromatic heterocycles. The molecule has 1 aromatic carbocycles. The number of nitro benzene ring substituents is 1. The number of nitro groups is 1. The van der Waals surface area contributed by atoms with Gasteiger partial charge in [0.15, 0.2) is 0 Å². The largest absolute Gasteiger partial charge is 0.351 e. The van der Waals surface area contributed by atoms with Crippen molar-refractivity contribution < 1.29 is 9.72 Å². The number of rotatable bonds is 6. The molecule has 0 aliphatic heterocycles. The molecule has 0 radical (unpaired) electrons. The lowest BCUT2D eigenvalue weighted by Gasteiger charge is -2.02. The normalized spacial score (nSPS) is 10.8. The topological polar surface area (TPSA) is 90.1 Å². The van der Waals surface area contributed by atoms with Gasteiger partial charge in [0.2, 0.25) is 5.91 Å². The predicted octanol–water partition coefficient (Wildman–Crippen LogP) is 2.27. The lowest BCUT2D eigenvalue weighted by molar-refractivity contribution is -0.384. The van der Waals surface area contributed by atoms with E-state index in [4.69, 9.17) is 11.6 Å². The molecule has 1 amide bonds. The molecular weight excluding hydrogens is 308 g/mol. The van der Waals surface area contributed by atoms with Crippen LogP contribution in [0, 0.1) is 10.1 Å². The molecule has 2 rings (SSSR count). The minimum atomic E-state index is -0.480. The van der Waals surface area contributed by atoms with Gasteiger partial charge in [-0.2, -0.15) is 5.10 Å². The maximum atomic E-state index is 11.6. The van der Waals surface area contributed by atoms with Crippen molar-refractivity contribution in [1.29, 1.82) is 0 Å². The number of non-ortho nitro benzene ring substituents is 1. The van der Waals surface area contributed by atoms with Crippen LogP contribution in [0.2, 0.25) is 5.02 Å². The molecule has 1 N–H and O–H groups in total. The van der Waals surface area contributed by atoms with E-state index in [1.54, 1.807) is 23.0 Å². The fourth-order valence-corrected chi connectivity index (χ4v) is 1.88. The fourth-order valence-electron chi connectivity index (χ4n) is 1.73. The van der Waals surface area contributed by atoms with Gasteiger partial charge in [-0.3, -0.25) is 19.6 Å². The Morgan fingerprint density at radius 1 is 1.50 bits per heavy atom. The van der Waals surface area contributed by atoms with E-state index in [0.717, 1.165) is 0 Å². The van der Waals surface area contributed by atoms with Crippen molar-refractivity contribution in [3.63, 3.8) is 0 Å². The summed E-state index contributed by atoms with van der Waals surface area (Å²) >= 11 is 5.72. The van der Waals surface area contributed by atoms with Gasteiger partial charge in [-0.05, 0) is 11.6 Å². The van der Waals surface area contributed by atoms with E-state index in [2.05, 4.69) is 10.4 Å². The molecule has 0 unspecified atom stereocenters. The van der Waals surface area contributed by atoms with Gasteiger partial charge in [0.1, 0.15) is 0 Å². The van der Waals surface area contributed by atoms with Crippen LogP contribution in [0.4, 0.5) is 5.69 Å². The summed E-state index contributed by atoms with van der Waals surface area (Å²) in [6.07, 6.45) is 6.03. The average molecular weight is 321 g/mol. The van der Waals surface area contributed by atoms with Gasteiger partial charge in [0.05, 0.1) is 22.7 Å². The third kappa shape index (κ3) is 4.71. The second-order valence-electron chi connectivity index (χ2n) is 4.40. The van der Waals surface area contributed by atoms with E-state index >= 15 is 0 Å². The molecule has 0 aliphatic rings. The van der Waals surface area contributed by atoms with Crippen molar-refractivity contribution in [2.75, 3.05) is 6.54 Å². The Morgan fingerprint density at radius 3 is 3.00 bits per heavy atom. The standard InChI is InChI=1S/C14H13ClN4O3/c15-12-9-17-18(10-12)7-6-16-14(20)5-4-11-2-1-3-13(8-11)19(21)22/h1-5,8-10H,6-7H2,(H,16,20)/b5-4+. The smallest absolute Gasteiger partial charge is 0.270 e. The highest BCUT2D eigenvalue weighted by Crippen LogP contribution is 2.13. The van der Waals surface area contributed by atoms with Crippen molar-refractivity contribution in [1.82, 2.24) is 15.1 Å². The summed E-state index contributed by atoms with van der Waals surface area (Å²) in [7, 11) is 0. The third-order valence-electron chi connectivity index (χ3n) is 2.75. The molecule has 0 saturated heterocycles. The van der Waals surface area contributed by atoms with Crippen LogP contribution in [0.1, 0.15) is 5.56 Å². The van der Waals surface area contributed by atoms with E-state index in [1.807, 2.05) is 0 Å². The molecule has 8 heteroatoms. The van der Waals surface area contributed by atoms with Crippen molar-refractivity contribution in [3.05, 3.63) is 63.4 Å². The Balaban J connectivity index is 1.83. The van der Waals surface area contributed by atoms with Crippen LogP contribution >= 0.6 is 11.6 Å². The number of hydrogen-bond acceptors (Lipinski definition) is 4. The highest BCUT2D eigenvalue weighted by Gasteiger charge is 2.04. The monoisotopic (exact) mass is 320 g/mol. The number of aromatic nitrogens is 2. The highest BCUT2D eigenvalue weighted by atomic mass is 35.5. The first-order valence-electron chi connectivity index (χ1n) is 6.43. The maximum absolute atomic E-state index is 11.6. The summed E-state index contributed by atoms with van der Waals surface area (Å²) in [4.78, 5) is 21.8. The van der Waals surface area contributed by atoms with Crippen molar-refractivity contribution in [2.45, 2.75) is 6.54 Å². The molecule has 0 atom stereocenters. The number of halogens is 1. The number of amides is 1. The zero-order valence-corrected chi connectivity index (χ0v) is 12.2. The van der Waals surface area contributed by atoms with Crippen LogP contribution in [-0.2, 0) is 11.3 Å². The summed E-state index contributed by atoms with van der Waals surface area (Å²) in [5.74, 6) is -0.287. The quantitative estimate of drug-likeness (QED) is 0.502. The van der Waals surface area contributed by atoms with Crippen LogP contribution in [0.3, 0.4) is 0 Å². The Kier molecular flexibility index (Phi) is 5.26. The summed E-state index contributed by atoms with van der Waals surface area (Å²) in [5.41, 5.74) is 0.571. The van der Waals surface area contributed by atoms with Gasteiger partial charge in [-0.25, -0.2) is 0 Å². The second-order valence-corrected chi connectivity index (χ2v) is 4.83. The second kappa shape index (κ2) is 7.37. The molecule has 0 fully saturated rings. The Labute approximate surface area is 131 Å². The van der Waals surface area contributed by atoms with Crippen LogP contribution < -0.4 is 5.32 Å². The Morgan fingerprint density at radius 2 is 2.32 bits per heavy atom. The molecular formula is C14H13ClN4O3. The van der Waals surface area contributed by atoms with Crippen LogP contribution in [0.15, 0.2) is 42.7 Å². The van der Waals surface area contributed by atoms with E-state index in [9.17, 15) is 14.9 Å². The average Bonchev–Trinajstić information content (AvgIpc) is 2.91. The number of benzene rings is 1. The molecule has 1 heterocycles. The van der Waals surface area contributed by atoms with Crippen LogP contribution in [0.25, 0.3) is 6.08 Å². The number of carbonyl (C=O) groups is 1. The van der Waals surface area contributed by atoms with Gasteiger partial charge in [0.25, 0.3) is 5.69 Å².